The smallest absolute Gasteiger partial charge is 0.744 e. The van der Waals surface area contributed by atoms with Gasteiger partial charge in [0.05, 0.1) is 34.3 Å². The molecule has 0 saturated heterocycles. The Balaban J connectivity index is 0.000000203. The maximum Gasteiger partial charge on any atom is 7.00 e. The third-order valence-corrected chi connectivity index (χ3v) is 23.5. The molecule has 0 N–H and O–H groups in total. The molecular formula is C98H77MnO21S7. The zero-order valence-corrected chi connectivity index (χ0v) is 73.7. The molecule has 0 aliphatic heterocycles. The first-order valence-electron chi connectivity index (χ1n) is 37.5. The second-order valence-corrected chi connectivity index (χ2v) is 35.3. The number of hydrogen-bond donors (Lipinski definition) is 0. The molecule has 14 aliphatic rings. The molecule has 0 heterocycles. The van der Waals surface area contributed by atoms with E-state index in [1.165, 1.54) is 84.9 Å². The largest absolute Gasteiger partial charge is 7.00 e. The third kappa shape index (κ3) is 33.5. The Labute approximate surface area is 751 Å². The van der Waals surface area contributed by atoms with Gasteiger partial charge in [-0.3, -0.25) is 0 Å². The zero-order valence-electron chi connectivity index (χ0n) is 66.8. The van der Waals surface area contributed by atoms with Gasteiger partial charge in [0.25, 0.3) is 0 Å². The van der Waals surface area contributed by atoms with E-state index in [0.717, 1.165) is 0 Å². The molecule has 0 bridgehead atoms. The molecule has 14 aliphatic carbocycles. The van der Waals surface area contributed by atoms with E-state index in [2.05, 4.69) is 0 Å². The van der Waals surface area contributed by atoms with Crippen LogP contribution in [-0.2, 0) is 87.9 Å². The van der Waals surface area contributed by atoms with Crippen LogP contribution in [-0.4, -0.2) is 90.8 Å². The number of fused-ring (bicyclic) bond motifs is 7. The van der Waals surface area contributed by atoms with E-state index in [1.54, 1.807) is 340 Å². The summed E-state index contributed by atoms with van der Waals surface area (Å²) in [6.07, 6.45) is 0. The first-order chi connectivity index (χ1) is 60.1. The van der Waals surface area contributed by atoms with Gasteiger partial charge in [0.15, 0.2) is 0 Å². The van der Waals surface area contributed by atoms with Crippen molar-refractivity contribution in [2.24, 2.45) is 0 Å². The van der Waals surface area contributed by atoms with E-state index in [4.69, 9.17) is 0 Å². The van der Waals surface area contributed by atoms with Gasteiger partial charge in [-0.2, -0.15) is 0 Å². The number of hydrogen-bond acceptors (Lipinski definition) is 21. The molecule has 0 aromatic carbocycles. The topological polar surface area (TPSA) is 400 Å². The Morgan fingerprint density at radius 2 is 0.181 bits per heavy atom. The van der Waals surface area contributed by atoms with Crippen molar-refractivity contribution in [2.75, 3.05) is 0 Å². The van der Waals surface area contributed by atoms with E-state index in [0.29, 0.717) is 77.9 Å². The minimum Gasteiger partial charge on any atom is -0.744 e. The van der Waals surface area contributed by atoms with Crippen LogP contribution >= 0.6 is 0 Å². The van der Waals surface area contributed by atoms with Gasteiger partial charge in [0, 0.05) is 0 Å². The van der Waals surface area contributed by atoms with Gasteiger partial charge >= 0.3 is 17.1 Å². The van der Waals surface area contributed by atoms with Crippen LogP contribution in [0.4, 0.5) is 0 Å². The molecule has 21 nitrogen and oxygen atoms in total. The predicted molar refractivity (Wildman–Crippen MR) is 481 cm³/mol. The molecule has 644 valence electrons. The van der Waals surface area contributed by atoms with Gasteiger partial charge in [0.1, 0.15) is 70.8 Å². The normalized spacial score (nSPS) is 10.9. The van der Waals surface area contributed by atoms with E-state index in [-0.39, 0.29) is 51.3 Å². The first-order valence-corrected chi connectivity index (χ1v) is 47.4. The Morgan fingerprint density at radius 3 is 0.268 bits per heavy atom. The summed E-state index contributed by atoms with van der Waals surface area (Å²) < 4.78 is 238. The van der Waals surface area contributed by atoms with Crippen molar-refractivity contribution in [3.63, 3.8) is 0 Å². The average Bonchev–Trinajstić information content (AvgIpc) is 0.859. The fraction of sp³-hybridized carbons (Fsp3) is 0. The second kappa shape index (κ2) is 49.7. The van der Waals surface area contributed by atoms with Crippen molar-refractivity contribution < 1.29 is 108 Å². The summed E-state index contributed by atoms with van der Waals surface area (Å²) in [5.74, 6) is 0. The summed E-state index contributed by atoms with van der Waals surface area (Å²) in [5, 5.41) is 0. The van der Waals surface area contributed by atoms with Gasteiger partial charge in [0.2, 0.25) is 0 Å². The van der Waals surface area contributed by atoms with Gasteiger partial charge in [-0.15, -0.1) is 0 Å². The van der Waals surface area contributed by atoms with Crippen molar-refractivity contribution in [1.29, 1.82) is 0 Å². The molecule has 0 atom stereocenters. The molecule has 0 saturated carbocycles. The van der Waals surface area contributed by atoms with Crippen LogP contribution < -0.4 is 0 Å². The van der Waals surface area contributed by atoms with Gasteiger partial charge in [-0.25, -0.2) is 58.9 Å². The Hall–Kier alpha value is -12.9. The van der Waals surface area contributed by atoms with Crippen molar-refractivity contribution >= 4 is 70.8 Å². The molecule has 0 spiro atoms. The molecular weight excluding hydrogens is 1790 g/mol. The first kappa shape index (κ1) is 101. The van der Waals surface area contributed by atoms with Gasteiger partial charge in [-0.05, 0) is 120 Å². The van der Waals surface area contributed by atoms with Gasteiger partial charge in [-0.1, -0.05) is 425 Å². The molecule has 0 radical (unpaired) electrons. The van der Waals surface area contributed by atoms with Crippen molar-refractivity contribution in [3.05, 3.63) is 467 Å². The molecule has 14 rings (SSSR count). The van der Waals surface area contributed by atoms with Crippen LogP contribution in [0.25, 0.3) is 77.9 Å². The van der Waals surface area contributed by atoms with E-state index in [1.807, 2.05) is 42.5 Å². The average molecular weight is 1870 g/mol. The van der Waals surface area contributed by atoms with E-state index < -0.39 is 70.8 Å². The standard InChI is InChI=1S/7C14H12O3S.Mn/c7*15-18(16,17)14-11-7-3-5-9-12-8-4-1-2-6-10-13(12)14;/h7*1-11H,(H,15,16,17);/q;;;;;;;+7/p-7. The van der Waals surface area contributed by atoms with Gasteiger partial charge < -0.3 is 31.9 Å². The molecule has 127 heavy (non-hydrogen) atoms. The monoisotopic (exact) mass is 1870 g/mol. The SMILES string of the molecule is O=S(=O)([O-])c1cccccc2ccccccc1-2.O=S(=O)([O-])c1cccccc2ccccccc1-2.O=S(=O)([O-])c1cccccc2ccccccc1-2.O=S(=O)([O-])c1cccccc2ccccccc1-2.O=S(=O)([O-])c1cccccc2ccccccc1-2.O=S(=O)([O-])c1cccccc2ccccccc1-2.O=S(=O)([O-])c1cccccc2ccccccc1-2.[Mn+7]. The Bertz CT molecular complexity index is 5910. The van der Waals surface area contributed by atoms with Crippen molar-refractivity contribution in [2.45, 2.75) is 34.3 Å². The van der Waals surface area contributed by atoms with Crippen LogP contribution in [0.3, 0.4) is 0 Å². The van der Waals surface area contributed by atoms with Crippen molar-refractivity contribution in [3.8, 4) is 77.9 Å². The summed E-state index contributed by atoms with van der Waals surface area (Å²) in [6, 6.07) is 130. The number of rotatable bonds is 7. The second-order valence-electron chi connectivity index (χ2n) is 25.9. The molecule has 0 unspecified atom stereocenters. The van der Waals surface area contributed by atoms with Crippen LogP contribution in [0, 0.1) is 0 Å². The fourth-order valence-electron chi connectivity index (χ4n) is 11.7. The van der Waals surface area contributed by atoms with Crippen LogP contribution in [0.5, 0.6) is 0 Å². The molecule has 29 heteroatoms. The summed E-state index contributed by atoms with van der Waals surface area (Å²) in [5.41, 5.74) is 7.66. The molecule has 0 aromatic rings. The zero-order chi connectivity index (χ0) is 91.1. The van der Waals surface area contributed by atoms with Crippen LogP contribution in [0.1, 0.15) is 0 Å². The summed E-state index contributed by atoms with van der Waals surface area (Å²) >= 11 is 0. The van der Waals surface area contributed by atoms with Crippen molar-refractivity contribution in [1.82, 2.24) is 0 Å². The summed E-state index contributed by atoms with van der Waals surface area (Å²) in [4.78, 5) is -1.50. The fourth-order valence-corrected chi connectivity index (χ4v) is 16.6. The van der Waals surface area contributed by atoms with Crippen LogP contribution in [0.2, 0.25) is 0 Å². The molecule has 0 amide bonds. The third-order valence-electron chi connectivity index (χ3n) is 17.2. The Kier molecular flexibility index (Phi) is 39.6. The minimum absolute atomic E-state index is 0. The molecule has 0 fully saturated rings. The maximum atomic E-state index is 11.3. The Morgan fingerprint density at radius 1 is 0.110 bits per heavy atom. The maximum absolute atomic E-state index is 11.3. The summed E-state index contributed by atoms with van der Waals surface area (Å²) in [7, 11) is -31.5. The summed E-state index contributed by atoms with van der Waals surface area (Å²) in [6.45, 7) is 0. The molecule has 0 aromatic heterocycles. The van der Waals surface area contributed by atoms with E-state index >= 15 is 0 Å². The van der Waals surface area contributed by atoms with Crippen LogP contribution in [0.15, 0.2) is 501 Å². The quantitative estimate of drug-likeness (QED) is 0.106. The minimum atomic E-state index is -4.51. The van der Waals surface area contributed by atoms with E-state index in [9.17, 15) is 90.8 Å². The predicted octanol–water partition coefficient (Wildman–Crippen LogP) is 19.7.